The number of benzene rings is 2. The van der Waals surface area contributed by atoms with Crippen LogP contribution in [0.1, 0.15) is 53.5 Å². The molecule has 0 radical (unpaired) electrons. The van der Waals surface area contributed by atoms with Gasteiger partial charge in [0, 0.05) is 5.56 Å². The minimum atomic E-state index is -0.605. The topological polar surface area (TPSA) is 71.1 Å². The van der Waals surface area contributed by atoms with E-state index < -0.39 is 11.9 Å². The molecule has 0 saturated carbocycles. The second-order valence-electron chi connectivity index (χ2n) is 6.88. The number of ether oxygens (including phenoxy) is 2. The third-order valence-corrected chi connectivity index (χ3v) is 4.48. The summed E-state index contributed by atoms with van der Waals surface area (Å²) in [6.07, 6.45) is 0.887. The lowest BCUT2D eigenvalue weighted by Crippen LogP contribution is -2.27. The van der Waals surface area contributed by atoms with E-state index in [4.69, 9.17) is 9.47 Å². The van der Waals surface area contributed by atoms with E-state index in [-0.39, 0.29) is 12.0 Å². The van der Waals surface area contributed by atoms with E-state index in [1.54, 1.807) is 19.1 Å². The number of hydrogen-bond acceptors (Lipinski definition) is 6. The zero-order valence-electron chi connectivity index (χ0n) is 15.6. The summed E-state index contributed by atoms with van der Waals surface area (Å²) in [5.74, 6) is 0.0663. The highest BCUT2D eigenvalue weighted by Crippen LogP contribution is 2.38. The number of fused-ring (bicyclic) bond motifs is 1. The monoisotopic (exact) mass is 370 g/mol. The first-order valence-electron chi connectivity index (χ1n) is 8.84. The molecule has 142 valence electrons. The van der Waals surface area contributed by atoms with Gasteiger partial charge >= 0.3 is 11.9 Å². The van der Waals surface area contributed by atoms with Crippen molar-refractivity contribution in [1.29, 1.82) is 0 Å². The zero-order chi connectivity index (χ0) is 19.4. The number of carbonyl (C=O) groups excluding carboxylic acids is 2. The van der Waals surface area contributed by atoms with Gasteiger partial charge in [0.1, 0.15) is 11.5 Å². The first-order valence-corrected chi connectivity index (χ1v) is 8.84. The molecular formula is C21H22O6. The first kappa shape index (κ1) is 18.9. The van der Waals surface area contributed by atoms with Crippen LogP contribution in [0.25, 0.3) is 0 Å². The van der Waals surface area contributed by atoms with Crippen LogP contribution in [0.4, 0.5) is 0 Å². The van der Waals surface area contributed by atoms with E-state index in [1.165, 1.54) is 24.3 Å². The van der Waals surface area contributed by atoms with E-state index in [0.29, 0.717) is 23.5 Å². The SMILES string of the molecule is CCOOC(=O)c1ccc(OC(=O)c2ccc3c(c2)C(C)(C)CCO3)cc1. The summed E-state index contributed by atoms with van der Waals surface area (Å²) in [5, 5.41) is 0. The highest BCUT2D eigenvalue weighted by molar-refractivity contribution is 5.92. The molecule has 0 aliphatic carbocycles. The Kier molecular flexibility index (Phi) is 5.46. The van der Waals surface area contributed by atoms with Crippen molar-refractivity contribution in [3.8, 4) is 11.5 Å². The average Bonchev–Trinajstić information content (AvgIpc) is 2.66. The van der Waals surface area contributed by atoms with Crippen molar-refractivity contribution in [2.75, 3.05) is 13.2 Å². The number of carbonyl (C=O) groups is 2. The summed E-state index contributed by atoms with van der Waals surface area (Å²) < 4.78 is 11.1. The number of hydrogen-bond donors (Lipinski definition) is 0. The third-order valence-electron chi connectivity index (χ3n) is 4.48. The number of rotatable bonds is 5. The third kappa shape index (κ3) is 4.28. The molecule has 0 atom stereocenters. The van der Waals surface area contributed by atoms with Crippen LogP contribution in [0.2, 0.25) is 0 Å². The summed E-state index contributed by atoms with van der Waals surface area (Å²) in [5.41, 5.74) is 1.69. The second-order valence-corrected chi connectivity index (χ2v) is 6.88. The van der Waals surface area contributed by atoms with E-state index in [0.717, 1.165) is 17.7 Å². The Morgan fingerprint density at radius 2 is 1.74 bits per heavy atom. The summed E-state index contributed by atoms with van der Waals surface area (Å²) in [7, 11) is 0. The van der Waals surface area contributed by atoms with Crippen molar-refractivity contribution in [3.05, 3.63) is 59.2 Å². The van der Waals surface area contributed by atoms with Gasteiger partial charge in [-0.15, -0.1) is 0 Å². The van der Waals surface area contributed by atoms with Crippen molar-refractivity contribution in [1.82, 2.24) is 0 Å². The summed E-state index contributed by atoms with van der Waals surface area (Å²) in [6, 6.07) is 11.4. The highest BCUT2D eigenvalue weighted by Gasteiger charge is 2.29. The average molecular weight is 370 g/mol. The molecule has 0 N–H and O–H groups in total. The molecule has 0 amide bonds. The van der Waals surface area contributed by atoms with Gasteiger partial charge in [0.05, 0.1) is 24.3 Å². The van der Waals surface area contributed by atoms with Crippen molar-refractivity contribution >= 4 is 11.9 Å². The van der Waals surface area contributed by atoms with Crippen LogP contribution in [0, 0.1) is 0 Å². The maximum absolute atomic E-state index is 12.5. The Bertz CT molecular complexity index is 838. The van der Waals surface area contributed by atoms with Gasteiger partial charge in [-0.25, -0.2) is 9.59 Å². The van der Waals surface area contributed by atoms with E-state index >= 15 is 0 Å². The van der Waals surface area contributed by atoms with Gasteiger partial charge in [-0.3, -0.25) is 4.89 Å². The van der Waals surface area contributed by atoms with E-state index in [2.05, 4.69) is 23.6 Å². The van der Waals surface area contributed by atoms with Gasteiger partial charge in [-0.05, 0) is 61.2 Å². The maximum atomic E-state index is 12.5. The molecule has 0 fully saturated rings. The van der Waals surface area contributed by atoms with Crippen LogP contribution in [0.15, 0.2) is 42.5 Å². The molecule has 6 nitrogen and oxygen atoms in total. The van der Waals surface area contributed by atoms with Gasteiger partial charge in [-0.1, -0.05) is 13.8 Å². The molecule has 1 heterocycles. The van der Waals surface area contributed by atoms with Crippen LogP contribution in [0.3, 0.4) is 0 Å². The lowest BCUT2D eigenvalue weighted by Gasteiger charge is -2.32. The van der Waals surface area contributed by atoms with Gasteiger partial charge in [0.15, 0.2) is 0 Å². The molecule has 2 aromatic carbocycles. The smallest absolute Gasteiger partial charge is 0.373 e. The molecule has 0 aromatic heterocycles. The lowest BCUT2D eigenvalue weighted by molar-refractivity contribution is -0.236. The summed E-state index contributed by atoms with van der Waals surface area (Å²) in [6.45, 7) is 6.91. The predicted molar refractivity (Wildman–Crippen MR) is 98.0 cm³/mol. The predicted octanol–water partition coefficient (Wildman–Crippen LogP) is 4.07. The highest BCUT2D eigenvalue weighted by atomic mass is 17.2. The molecule has 0 spiro atoms. The Morgan fingerprint density at radius 1 is 1.04 bits per heavy atom. The second kappa shape index (κ2) is 7.80. The minimum Gasteiger partial charge on any atom is -0.493 e. The molecule has 27 heavy (non-hydrogen) atoms. The van der Waals surface area contributed by atoms with Crippen LogP contribution < -0.4 is 9.47 Å². The standard InChI is InChI=1S/C21H22O6/c1-4-25-27-20(23)14-5-8-16(9-6-14)26-19(22)15-7-10-18-17(13-15)21(2,3)11-12-24-18/h5-10,13H,4,11-12H2,1-3H3. The fourth-order valence-electron chi connectivity index (χ4n) is 2.85. The molecule has 0 unspecified atom stereocenters. The Balaban J connectivity index is 1.71. The normalized spacial score (nSPS) is 14.6. The molecule has 1 aliphatic heterocycles. The summed E-state index contributed by atoms with van der Waals surface area (Å²) in [4.78, 5) is 33.4. The van der Waals surface area contributed by atoms with Gasteiger partial charge in [0.25, 0.3) is 0 Å². The zero-order valence-corrected chi connectivity index (χ0v) is 15.6. The molecule has 0 saturated heterocycles. The maximum Gasteiger partial charge on any atom is 0.373 e. The first-order chi connectivity index (χ1) is 12.9. The van der Waals surface area contributed by atoms with Crippen molar-refractivity contribution in [2.45, 2.75) is 32.6 Å². The Labute approximate surface area is 157 Å². The quantitative estimate of drug-likeness (QED) is 0.342. The molecule has 0 bridgehead atoms. The van der Waals surface area contributed by atoms with Gasteiger partial charge < -0.3 is 9.47 Å². The van der Waals surface area contributed by atoms with Crippen molar-refractivity contribution in [2.24, 2.45) is 0 Å². The minimum absolute atomic E-state index is 0.0631. The van der Waals surface area contributed by atoms with Crippen LogP contribution in [0.5, 0.6) is 11.5 Å². The Hall–Kier alpha value is -2.86. The molecule has 3 rings (SSSR count). The lowest BCUT2D eigenvalue weighted by atomic mass is 9.79. The van der Waals surface area contributed by atoms with Crippen molar-refractivity contribution < 1.29 is 28.8 Å². The molecule has 1 aliphatic rings. The molecule has 6 heteroatoms. The summed E-state index contributed by atoms with van der Waals surface area (Å²) >= 11 is 0. The van der Waals surface area contributed by atoms with Crippen LogP contribution in [-0.2, 0) is 15.2 Å². The van der Waals surface area contributed by atoms with Gasteiger partial charge in [-0.2, -0.15) is 4.89 Å². The molecule has 2 aromatic rings. The largest absolute Gasteiger partial charge is 0.493 e. The van der Waals surface area contributed by atoms with Gasteiger partial charge in [0.2, 0.25) is 0 Å². The molecular weight excluding hydrogens is 348 g/mol. The number of esters is 1. The Morgan fingerprint density at radius 3 is 2.44 bits per heavy atom. The van der Waals surface area contributed by atoms with E-state index in [9.17, 15) is 9.59 Å². The van der Waals surface area contributed by atoms with Crippen molar-refractivity contribution in [3.63, 3.8) is 0 Å². The fraction of sp³-hybridized carbons (Fsp3) is 0.333. The van der Waals surface area contributed by atoms with Crippen LogP contribution in [-0.4, -0.2) is 25.2 Å². The van der Waals surface area contributed by atoms with E-state index in [1.807, 2.05) is 6.07 Å². The van der Waals surface area contributed by atoms with Crippen LogP contribution >= 0.6 is 0 Å². The fourth-order valence-corrected chi connectivity index (χ4v) is 2.85.